The number of nitrogens with zero attached hydrogens (tertiary/aromatic N) is 5. The van der Waals surface area contributed by atoms with E-state index < -0.39 is 36.7 Å². The van der Waals surface area contributed by atoms with Crippen LogP contribution in [0.3, 0.4) is 0 Å². The summed E-state index contributed by atoms with van der Waals surface area (Å²) in [6.07, 6.45) is -1.60. The fraction of sp³-hybridized carbons (Fsp3) is 0.283. The van der Waals surface area contributed by atoms with Crippen molar-refractivity contribution in [3.8, 4) is 50.8 Å². The van der Waals surface area contributed by atoms with Crippen LogP contribution in [0.4, 0.5) is 37.7 Å². The van der Waals surface area contributed by atoms with Crippen molar-refractivity contribution in [3.63, 3.8) is 0 Å². The molecule has 0 unspecified atom stereocenters. The molecule has 4 N–H and O–H groups in total. The number of amides is 1. The Labute approximate surface area is 451 Å². The number of Topliss-reactive ketones (excluding diaryl/α,β-unsaturated/α-hetero) is 2. The third-order valence-corrected chi connectivity index (χ3v) is 13.9. The number of alkyl halides is 6. The SMILES string of the molecule is CCC(=O)c1ccc(-c2cnc3c(NCCC(F)(F)F)cc(-c4ccc(C(=O)NC5(C#N)CC5)c(C)c4)cn23)cc1C.CCC(=O)c1ccc(-c2cnc3c(NCCC(F)(F)F)cc(-c4ccc(C(=O)O)c(C)c4)cn23)cc1C. The zero-order valence-electron chi connectivity index (χ0n) is 44.1. The van der Waals surface area contributed by atoms with Gasteiger partial charge in [0.15, 0.2) is 22.9 Å². The van der Waals surface area contributed by atoms with Gasteiger partial charge in [-0.3, -0.25) is 23.2 Å². The van der Waals surface area contributed by atoms with Crippen LogP contribution in [-0.2, 0) is 0 Å². The van der Waals surface area contributed by atoms with E-state index in [0.717, 1.165) is 27.8 Å². The molecule has 8 aromatic rings. The summed E-state index contributed by atoms with van der Waals surface area (Å²) in [5.74, 6) is -1.27. The number of nitrogens with one attached hydrogen (secondary N) is 3. The monoisotopic (exact) mass is 1080 g/mol. The molecule has 0 aliphatic heterocycles. The van der Waals surface area contributed by atoms with Gasteiger partial charge in [0.25, 0.3) is 5.91 Å². The number of aromatic carboxylic acids is 1. The first-order valence-electron chi connectivity index (χ1n) is 25.5. The van der Waals surface area contributed by atoms with Crippen molar-refractivity contribution >= 4 is 46.1 Å². The lowest BCUT2D eigenvalue weighted by Gasteiger charge is -2.15. The van der Waals surface area contributed by atoms with Gasteiger partial charge in [-0.1, -0.05) is 62.4 Å². The fourth-order valence-corrected chi connectivity index (χ4v) is 9.36. The highest BCUT2D eigenvalue weighted by Crippen LogP contribution is 2.37. The molecule has 79 heavy (non-hydrogen) atoms. The van der Waals surface area contributed by atoms with Gasteiger partial charge in [0.05, 0.1) is 59.6 Å². The van der Waals surface area contributed by atoms with Crippen molar-refractivity contribution in [2.75, 3.05) is 23.7 Å². The molecule has 0 radical (unpaired) electrons. The van der Waals surface area contributed by atoms with Gasteiger partial charge in [-0.05, 0) is 110 Å². The Balaban J connectivity index is 0.000000210. The number of hydrogen-bond acceptors (Lipinski definition) is 9. The molecule has 4 aromatic carbocycles. The zero-order valence-corrected chi connectivity index (χ0v) is 44.1. The molecule has 4 aromatic heterocycles. The third kappa shape index (κ3) is 12.8. The van der Waals surface area contributed by atoms with Crippen molar-refractivity contribution in [2.24, 2.45) is 0 Å². The Kier molecular flexibility index (Phi) is 16.2. The third-order valence-electron chi connectivity index (χ3n) is 13.9. The highest BCUT2D eigenvalue weighted by molar-refractivity contribution is 5.99. The Hall–Kier alpha value is -8.79. The number of ketones is 2. The number of imidazole rings is 2. The van der Waals surface area contributed by atoms with Gasteiger partial charge in [-0.15, -0.1) is 0 Å². The predicted octanol–water partition coefficient (Wildman–Crippen LogP) is 14.0. The highest BCUT2D eigenvalue weighted by Gasteiger charge is 2.45. The van der Waals surface area contributed by atoms with Gasteiger partial charge in [-0.2, -0.15) is 31.6 Å². The number of carbonyl (C=O) groups excluding carboxylic acids is 3. The number of carboxylic acid groups (broad SMARTS) is 1. The highest BCUT2D eigenvalue weighted by atomic mass is 19.4. The van der Waals surface area contributed by atoms with Crippen molar-refractivity contribution in [1.82, 2.24) is 24.1 Å². The Morgan fingerprint density at radius 2 is 0.962 bits per heavy atom. The van der Waals surface area contributed by atoms with Crippen LogP contribution >= 0.6 is 0 Å². The summed E-state index contributed by atoms with van der Waals surface area (Å²) in [5.41, 5.74) is 11.7. The predicted molar refractivity (Wildman–Crippen MR) is 291 cm³/mol. The molecule has 19 heteroatoms. The second kappa shape index (κ2) is 22.7. The molecule has 0 saturated heterocycles. The Morgan fingerprint density at radius 3 is 1.32 bits per heavy atom. The van der Waals surface area contributed by atoms with E-state index in [-0.39, 0.29) is 36.1 Å². The Bertz CT molecular complexity index is 3730. The van der Waals surface area contributed by atoms with E-state index in [9.17, 15) is 55.9 Å². The number of pyridine rings is 2. The molecule has 1 fully saturated rings. The number of carbonyl (C=O) groups is 4. The van der Waals surface area contributed by atoms with Crippen LogP contribution in [0.25, 0.3) is 56.1 Å². The van der Waals surface area contributed by atoms with E-state index in [1.54, 1.807) is 86.1 Å². The van der Waals surface area contributed by atoms with Crippen molar-refractivity contribution in [2.45, 2.75) is 98.0 Å². The lowest BCUT2D eigenvalue weighted by atomic mass is 9.99. The second-order valence-electron chi connectivity index (χ2n) is 19.7. The first-order chi connectivity index (χ1) is 37.4. The van der Waals surface area contributed by atoms with Crippen LogP contribution in [0, 0.1) is 39.0 Å². The summed E-state index contributed by atoms with van der Waals surface area (Å²) in [6.45, 7) is 10.2. The summed E-state index contributed by atoms with van der Waals surface area (Å²) in [4.78, 5) is 57.8. The number of benzene rings is 4. The first kappa shape index (κ1) is 56.4. The van der Waals surface area contributed by atoms with E-state index >= 15 is 0 Å². The molecule has 0 atom stereocenters. The van der Waals surface area contributed by atoms with Gasteiger partial charge < -0.3 is 21.1 Å². The average molecular weight is 1080 g/mol. The molecular weight excluding hydrogens is 1030 g/mol. The number of anilines is 2. The van der Waals surface area contributed by atoms with E-state index in [1.165, 1.54) is 6.07 Å². The fourth-order valence-electron chi connectivity index (χ4n) is 9.36. The number of fused-ring (bicyclic) bond motifs is 2. The summed E-state index contributed by atoms with van der Waals surface area (Å²) in [5, 5.41) is 27.3. The molecule has 0 bridgehead atoms. The standard InChI is InChI=1S/C32H30F3N5O2.C28H26F3N3O3/c1-4-28(41)24-7-6-22(14-19(24)2)27-16-38-29-26(37-12-11-32(33,34)35)15-23(17-40(27)29)21-5-8-25(20(3)13-21)30(42)39-31(18-36)9-10-31;1-4-25(35)21-7-6-19(12-16(21)2)24-14-33-26-23(32-10-9-28(29,30)31)13-20(15-34(24)26)18-5-8-22(27(36)37)17(3)11-18/h5-8,13-17,37H,4,9-12H2,1-3H3,(H,39,42);5-8,11-15,32H,4,9-10H2,1-3H3,(H,36,37). The van der Waals surface area contributed by atoms with Crippen molar-refractivity contribution in [1.29, 1.82) is 5.26 Å². The van der Waals surface area contributed by atoms with Crippen LogP contribution in [0.1, 0.15) is 116 Å². The van der Waals surface area contributed by atoms with Crippen LogP contribution in [0.15, 0.2) is 110 Å². The molecule has 1 aliphatic rings. The molecule has 1 aliphatic carbocycles. The molecule has 13 nitrogen and oxygen atoms in total. The molecule has 1 saturated carbocycles. The lowest BCUT2D eigenvalue weighted by Crippen LogP contribution is -2.35. The van der Waals surface area contributed by atoms with Gasteiger partial charge in [0, 0.05) is 77.3 Å². The quantitative estimate of drug-likeness (QED) is 0.0506. The van der Waals surface area contributed by atoms with Gasteiger partial charge in [0.1, 0.15) is 5.54 Å². The van der Waals surface area contributed by atoms with E-state index in [4.69, 9.17) is 0 Å². The van der Waals surface area contributed by atoms with Crippen LogP contribution < -0.4 is 16.0 Å². The van der Waals surface area contributed by atoms with Gasteiger partial charge in [0.2, 0.25) is 0 Å². The molecule has 9 rings (SSSR count). The summed E-state index contributed by atoms with van der Waals surface area (Å²) >= 11 is 0. The van der Waals surface area contributed by atoms with Gasteiger partial charge in [-0.25, -0.2) is 14.8 Å². The van der Waals surface area contributed by atoms with Crippen LogP contribution in [0.2, 0.25) is 0 Å². The molecule has 4 heterocycles. The van der Waals surface area contributed by atoms with Crippen LogP contribution in [-0.4, -0.2) is 78.3 Å². The van der Waals surface area contributed by atoms with Crippen molar-refractivity contribution in [3.05, 3.63) is 154 Å². The minimum Gasteiger partial charge on any atom is -0.478 e. The number of halogens is 6. The van der Waals surface area contributed by atoms with E-state index in [1.807, 2.05) is 67.9 Å². The number of carboxylic acids is 1. The smallest absolute Gasteiger partial charge is 0.390 e. The number of aryl methyl sites for hydroxylation is 4. The molecular formula is C60H56F6N8O5. The largest absolute Gasteiger partial charge is 0.478 e. The number of rotatable bonds is 17. The molecule has 408 valence electrons. The summed E-state index contributed by atoms with van der Waals surface area (Å²) in [6, 6.07) is 26.9. The average Bonchev–Trinajstić information content (AvgIpc) is 4.00. The van der Waals surface area contributed by atoms with Gasteiger partial charge >= 0.3 is 18.3 Å². The first-order valence-corrected chi connectivity index (χ1v) is 25.5. The summed E-state index contributed by atoms with van der Waals surface area (Å²) in [7, 11) is 0. The Morgan fingerprint density at radius 1 is 0.582 bits per heavy atom. The van der Waals surface area contributed by atoms with Crippen molar-refractivity contribution < 1.29 is 50.6 Å². The molecule has 1 amide bonds. The van der Waals surface area contributed by atoms with E-state index in [2.05, 4.69) is 32.0 Å². The lowest BCUT2D eigenvalue weighted by molar-refractivity contribution is -0.132. The normalized spacial score (nSPS) is 12.8. The molecule has 0 spiro atoms. The van der Waals surface area contributed by atoms with E-state index in [0.29, 0.717) is 104 Å². The summed E-state index contributed by atoms with van der Waals surface area (Å²) < 4.78 is 80.9. The van der Waals surface area contributed by atoms with Crippen LogP contribution in [0.5, 0.6) is 0 Å². The second-order valence-corrected chi connectivity index (χ2v) is 19.7. The maximum Gasteiger partial charge on any atom is 0.390 e. The number of nitriles is 1. The maximum absolute atomic E-state index is 12.9. The number of hydrogen-bond donors (Lipinski definition) is 4. The number of aromatic nitrogens is 4. The minimum absolute atomic E-state index is 0.0424. The minimum atomic E-state index is -4.31. The zero-order chi connectivity index (χ0) is 57.1. The maximum atomic E-state index is 12.9. The topological polar surface area (TPSA) is 183 Å².